The first kappa shape index (κ1) is 27.7. The molecule has 0 aromatic heterocycles. The molecule has 3 nitrogen and oxygen atoms in total. The molecule has 2 atom stereocenters. The molecule has 28 heavy (non-hydrogen) atoms. The van der Waals surface area contributed by atoms with Crippen LogP contribution in [-0.4, -0.2) is 31.4 Å². The lowest BCUT2D eigenvalue weighted by Gasteiger charge is -2.36. The quantitative estimate of drug-likeness (QED) is 0.0504. The number of hydrogen-bond donors (Lipinski definition) is 0. The fourth-order valence-electron chi connectivity index (χ4n) is 3.09. The number of halogens is 1. The highest BCUT2D eigenvalue weighted by atomic mass is 127. The van der Waals surface area contributed by atoms with Crippen molar-refractivity contribution in [2.24, 2.45) is 11.3 Å². The molecule has 0 amide bonds. The van der Waals surface area contributed by atoms with E-state index in [0.29, 0.717) is 0 Å². The molecule has 0 radical (unpaired) electrons. The smallest absolute Gasteiger partial charge is 0.191 e. The van der Waals surface area contributed by atoms with E-state index in [4.69, 9.17) is 4.43 Å². The summed E-state index contributed by atoms with van der Waals surface area (Å²) in [6.07, 6.45) is 10.7. The Labute approximate surface area is 188 Å². The van der Waals surface area contributed by atoms with E-state index in [-0.39, 0.29) is 22.2 Å². The van der Waals surface area contributed by atoms with Gasteiger partial charge in [-0.2, -0.15) is 0 Å². The summed E-state index contributed by atoms with van der Waals surface area (Å²) in [5.74, 6) is 0.254. The molecule has 0 N–H and O–H groups in total. The molecule has 0 fully saturated rings. The summed E-state index contributed by atoms with van der Waals surface area (Å²) in [7, 11) is -1.72. The number of allylic oxidation sites excluding steroid dienone is 3. The minimum Gasteiger partial charge on any atom is -0.417 e. The number of rotatable bonds is 13. The van der Waals surface area contributed by atoms with Gasteiger partial charge in [0.05, 0.1) is 0 Å². The van der Waals surface area contributed by atoms with Crippen LogP contribution in [0.3, 0.4) is 0 Å². The highest BCUT2D eigenvalue weighted by molar-refractivity contribution is 14.1. The van der Waals surface area contributed by atoms with E-state index in [1.807, 2.05) is 13.0 Å². The maximum atomic E-state index is 12.3. The largest absolute Gasteiger partial charge is 0.417 e. The summed E-state index contributed by atoms with van der Waals surface area (Å²) in [5, 5.41) is 0.216. The van der Waals surface area contributed by atoms with Gasteiger partial charge in [-0.15, -0.1) is 0 Å². The van der Waals surface area contributed by atoms with Gasteiger partial charge in [-0.05, 0) is 68.7 Å². The number of hydrogen-bond acceptors (Lipinski definition) is 3. The molecule has 0 saturated heterocycles. The van der Waals surface area contributed by atoms with E-state index >= 15 is 0 Å². The van der Waals surface area contributed by atoms with E-state index < -0.39 is 8.32 Å². The zero-order valence-corrected chi connectivity index (χ0v) is 22.4. The van der Waals surface area contributed by atoms with Crippen LogP contribution in [0, 0.1) is 11.3 Å². The van der Waals surface area contributed by atoms with Crippen LogP contribution in [-0.2, 0) is 14.0 Å². The molecule has 0 aromatic rings. The molecule has 0 saturated carbocycles. The fraction of sp³-hybridized carbons (Fsp3) is 0.739. The van der Waals surface area contributed by atoms with E-state index in [2.05, 4.69) is 75.5 Å². The Morgan fingerprint density at radius 3 is 2.21 bits per heavy atom. The normalized spacial score (nSPS) is 16.8. The van der Waals surface area contributed by atoms with Crippen LogP contribution in [0.2, 0.25) is 18.1 Å². The first-order valence-electron chi connectivity index (χ1n) is 10.3. The van der Waals surface area contributed by atoms with Crippen LogP contribution in [0.1, 0.15) is 67.2 Å². The van der Waals surface area contributed by atoms with Crippen molar-refractivity contribution in [2.45, 2.75) is 85.4 Å². The number of Topliss-reactive ketones (excluding diaryl/α,β-unsaturated/α-hetero) is 1. The Hall–Kier alpha value is -0.273. The zero-order valence-electron chi connectivity index (χ0n) is 19.2. The lowest BCUT2D eigenvalue weighted by Crippen LogP contribution is -2.40. The van der Waals surface area contributed by atoms with Crippen LogP contribution in [0.25, 0.3) is 0 Å². The van der Waals surface area contributed by atoms with E-state index in [1.165, 1.54) is 0 Å². The summed E-state index contributed by atoms with van der Waals surface area (Å²) in [6.45, 7) is 17.7. The molecule has 0 aromatic carbocycles. The molecule has 0 aliphatic heterocycles. The SMILES string of the molecule is CC(=O)C(CCI)C(C)(/C=C/CCO[Si](C)(C)C(C)(C)C)CC/C=C(\C)C=O. The monoisotopic (exact) mass is 520 g/mol. The summed E-state index contributed by atoms with van der Waals surface area (Å²) < 4.78 is 7.22. The second kappa shape index (κ2) is 12.4. The summed E-state index contributed by atoms with van der Waals surface area (Å²) in [4.78, 5) is 23.2. The third-order valence-electron chi connectivity index (χ3n) is 6.07. The van der Waals surface area contributed by atoms with Gasteiger partial charge in [0.1, 0.15) is 12.1 Å². The molecule has 2 unspecified atom stereocenters. The predicted octanol–water partition coefficient (Wildman–Crippen LogP) is 6.92. The van der Waals surface area contributed by atoms with Crippen molar-refractivity contribution in [2.75, 3.05) is 11.0 Å². The van der Waals surface area contributed by atoms with E-state index in [0.717, 1.165) is 48.6 Å². The van der Waals surface area contributed by atoms with Crippen LogP contribution < -0.4 is 0 Å². The van der Waals surface area contributed by atoms with Crippen molar-refractivity contribution < 1.29 is 14.0 Å². The predicted molar refractivity (Wildman–Crippen MR) is 132 cm³/mol. The van der Waals surface area contributed by atoms with Gasteiger partial charge in [-0.1, -0.05) is 68.5 Å². The van der Waals surface area contributed by atoms with Crippen LogP contribution >= 0.6 is 22.6 Å². The van der Waals surface area contributed by atoms with Crippen LogP contribution in [0.15, 0.2) is 23.8 Å². The van der Waals surface area contributed by atoms with Crippen molar-refractivity contribution in [3.05, 3.63) is 23.8 Å². The summed E-state index contributed by atoms with van der Waals surface area (Å²) in [6, 6.07) is 0. The van der Waals surface area contributed by atoms with Crippen LogP contribution in [0.4, 0.5) is 0 Å². The Morgan fingerprint density at radius 2 is 1.75 bits per heavy atom. The van der Waals surface area contributed by atoms with Gasteiger partial charge >= 0.3 is 0 Å². The second-order valence-electron chi connectivity index (χ2n) is 9.55. The second-order valence-corrected chi connectivity index (χ2v) is 15.4. The zero-order chi connectivity index (χ0) is 22.0. The van der Waals surface area contributed by atoms with Crippen molar-refractivity contribution in [1.82, 2.24) is 0 Å². The Balaban J connectivity index is 5.17. The van der Waals surface area contributed by atoms with Crippen LogP contribution in [0.5, 0.6) is 0 Å². The topological polar surface area (TPSA) is 43.4 Å². The number of ketones is 1. The number of carbonyl (C=O) groups is 2. The van der Waals surface area contributed by atoms with Crippen molar-refractivity contribution >= 4 is 43.0 Å². The molecule has 0 aliphatic carbocycles. The number of carbonyl (C=O) groups excluding carboxylic acids is 2. The van der Waals surface area contributed by atoms with Gasteiger partial charge in [0.25, 0.3) is 0 Å². The maximum absolute atomic E-state index is 12.3. The molecule has 5 heteroatoms. The van der Waals surface area contributed by atoms with Gasteiger partial charge < -0.3 is 4.43 Å². The lowest BCUT2D eigenvalue weighted by molar-refractivity contribution is -0.123. The first-order chi connectivity index (χ1) is 12.8. The highest BCUT2D eigenvalue weighted by Crippen LogP contribution is 2.39. The third-order valence-corrected chi connectivity index (χ3v) is 11.2. The molecule has 162 valence electrons. The molecular weight excluding hydrogens is 479 g/mol. The van der Waals surface area contributed by atoms with Crippen molar-refractivity contribution in [3.8, 4) is 0 Å². The molecular formula is C23H41IO3Si. The van der Waals surface area contributed by atoms with Crippen molar-refractivity contribution in [1.29, 1.82) is 0 Å². The molecule has 0 rings (SSSR count). The number of aldehydes is 1. The molecule has 0 aliphatic rings. The third kappa shape index (κ3) is 9.48. The van der Waals surface area contributed by atoms with Gasteiger partial charge in [-0.3, -0.25) is 9.59 Å². The molecule has 0 heterocycles. The number of alkyl halides is 1. The molecule has 0 bridgehead atoms. The fourth-order valence-corrected chi connectivity index (χ4v) is 4.77. The minimum absolute atomic E-state index is 0.00639. The Kier molecular flexibility index (Phi) is 12.3. The van der Waals surface area contributed by atoms with Crippen molar-refractivity contribution in [3.63, 3.8) is 0 Å². The average molecular weight is 521 g/mol. The van der Waals surface area contributed by atoms with E-state index in [9.17, 15) is 9.59 Å². The Bertz CT molecular complexity index is 561. The van der Waals surface area contributed by atoms with Gasteiger partial charge in [0.2, 0.25) is 0 Å². The summed E-state index contributed by atoms with van der Waals surface area (Å²) in [5.41, 5.74) is 0.551. The van der Waals surface area contributed by atoms with Gasteiger partial charge in [0.15, 0.2) is 8.32 Å². The molecule has 0 spiro atoms. The van der Waals surface area contributed by atoms with Gasteiger partial charge in [-0.25, -0.2) is 0 Å². The average Bonchev–Trinajstić information content (AvgIpc) is 2.57. The van der Waals surface area contributed by atoms with Gasteiger partial charge in [0, 0.05) is 17.0 Å². The lowest BCUT2D eigenvalue weighted by atomic mass is 9.70. The minimum atomic E-state index is -1.72. The maximum Gasteiger partial charge on any atom is 0.191 e. The summed E-state index contributed by atoms with van der Waals surface area (Å²) >= 11 is 2.35. The van der Waals surface area contributed by atoms with E-state index in [1.54, 1.807) is 6.92 Å². The first-order valence-corrected chi connectivity index (χ1v) is 14.7. The standard InChI is InChI=1S/C23H41IO3Si/c1-19(18-25)12-11-15-23(6,21(13-16-24)20(2)26)14-9-10-17-27-28(7,8)22(3,4)5/h9,12,14,18,21H,10-11,13,15-17H2,1-8H3/b14-9+,19-12+. The Morgan fingerprint density at radius 1 is 1.14 bits per heavy atom. The highest BCUT2D eigenvalue weighted by Gasteiger charge is 2.37.